The van der Waals surface area contributed by atoms with Crippen molar-refractivity contribution < 1.29 is 19.1 Å². The van der Waals surface area contributed by atoms with E-state index in [0.717, 1.165) is 5.56 Å². The highest BCUT2D eigenvalue weighted by atomic mass is 32.1. The van der Waals surface area contributed by atoms with Crippen LogP contribution in [0.25, 0.3) is 0 Å². The molecule has 1 aliphatic rings. The van der Waals surface area contributed by atoms with Gasteiger partial charge in [-0.25, -0.2) is 4.39 Å². The van der Waals surface area contributed by atoms with Crippen molar-refractivity contribution in [1.82, 2.24) is 4.90 Å². The second-order valence-corrected chi connectivity index (χ2v) is 6.86. The standard InChI is InChI=1S/C18H18FNO3S/c1-11-8-13(19)2-3-14(11)17-15(18(22)23)4-5-16(21)20(17)9-12-6-7-24-10-12/h2-3,6-8,10,15,17H,4-5,9H2,1H3,(H,22,23)/t15-,17-/m0/s1. The van der Waals surface area contributed by atoms with E-state index < -0.39 is 17.9 Å². The van der Waals surface area contributed by atoms with E-state index in [1.165, 1.54) is 23.5 Å². The molecule has 4 nitrogen and oxygen atoms in total. The molecular weight excluding hydrogens is 329 g/mol. The average molecular weight is 347 g/mol. The number of amides is 1. The van der Waals surface area contributed by atoms with Crippen LogP contribution in [0.1, 0.15) is 35.6 Å². The number of carbonyl (C=O) groups is 2. The first-order valence-corrected chi connectivity index (χ1v) is 8.71. The molecule has 126 valence electrons. The van der Waals surface area contributed by atoms with Crippen molar-refractivity contribution in [1.29, 1.82) is 0 Å². The van der Waals surface area contributed by atoms with Gasteiger partial charge < -0.3 is 10.0 Å². The first-order valence-electron chi connectivity index (χ1n) is 7.77. The summed E-state index contributed by atoms with van der Waals surface area (Å²) in [6.07, 6.45) is 0.521. The molecule has 2 heterocycles. The Hall–Kier alpha value is -2.21. The fraction of sp³-hybridized carbons (Fsp3) is 0.333. The maximum atomic E-state index is 13.5. The van der Waals surface area contributed by atoms with Gasteiger partial charge in [-0.3, -0.25) is 9.59 Å². The van der Waals surface area contributed by atoms with Crippen LogP contribution in [0, 0.1) is 18.7 Å². The molecule has 1 aromatic heterocycles. The number of carboxylic acids is 1. The number of rotatable bonds is 4. The van der Waals surface area contributed by atoms with Crippen LogP contribution >= 0.6 is 11.3 Å². The Kier molecular flexibility index (Phi) is 4.66. The lowest BCUT2D eigenvalue weighted by atomic mass is 9.82. The first-order chi connectivity index (χ1) is 11.5. The number of aryl methyl sites for hydroxylation is 1. The van der Waals surface area contributed by atoms with E-state index in [1.807, 2.05) is 16.8 Å². The van der Waals surface area contributed by atoms with Crippen LogP contribution in [-0.2, 0) is 16.1 Å². The summed E-state index contributed by atoms with van der Waals surface area (Å²) in [5, 5.41) is 13.5. The first kappa shape index (κ1) is 16.6. The zero-order chi connectivity index (χ0) is 17.3. The lowest BCUT2D eigenvalue weighted by Gasteiger charge is -2.40. The van der Waals surface area contributed by atoms with Crippen molar-refractivity contribution in [2.75, 3.05) is 0 Å². The molecule has 0 saturated carbocycles. The van der Waals surface area contributed by atoms with E-state index in [2.05, 4.69) is 0 Å². The molecule has 2 atom stereocenters. The third-order valence-electron chi connectivity index (χ3n) is 4.51. The van der Waals surface area contributed by atoms with Gasteiger partial charge >= 0.3 is 5.97 Å². The van der Waals surface area contributed by atoms with Crippen LogP contribution in [0.3, 0.4) is 0 Å². The smallest absolute Gasteiger partial charge is 0.308 e. The van der Waals surface area contributed by atoms with Crippen molar-refractivity contribution in [2.24, 2.45) is 5.92 Å². The molecule has 1 N–H and O–H groups in total. The third-order valence-corrected chi connectivity index (χ3v) is 5.24. The average Bonchev–Trinajstić information content (AvgIpc) is 3.02. The third kappa shape index (κ3) is 3.19. The van der Waals surface area contributed by atoms with Crippen LogP contribution in [0.15, 0.2) is 35.0 Å². The molecule has 6 heteroatoms. The molecule has 1 aromatic carbocycles. The Morgan fingerprint density at radius 2 is 2.21 bits per heavy atom. The molecule has 24 heavy (non-hydrogen) atoms. The van der Waals surface area contributed by atoms with E-state index >= 15 is 0 Å². The minimum Gasteiger partial charge on any atom is -0.481 e. The Bertz CT molecular complexity index is 760. The summed E-state index contributed by atoms with van der Waals surface area (Å²) >= 11 is 1.53. The monoisotopic (exact) mass is 347 g/mol. The topological polar surface area (TPSA) is 57.6 Å². The molecule has 0 spiro atoms. The molecule has 3 rings (SSSR count). The fourth-order valence-electron chi connectivity index (χ4n) is 3.33. The Morgan fingerprint density at radius 1 is 1.42 bits per heavy atom. The van der Waals surface area contributed by atoms with Crippen LogP contribution in [0.5, 0.6) is 0 Å². The van der Waals surface area contributed by atoms with Crippen LogP contribution in [0.2, 0.25) is 0 Å². The van der Waals surface area contributed by atoms with Crippen molar-refractivity contribution in [2.45, 2.75) is 32.4 Å². The van der Waals surface area contributed by atoms with Crippen LogP contribution in [-0.4, -0.2) is 21.9 Å². The van der Waals surface area contributed by atoms with Gasteiger partial charge in [0.15, 0.2) is 0 Å². The van der Waals surface area contributed by atoms with Gasteiger partial charge in [0, 0.05) is 13.0 Å². The minimum absolute atomic E-state index is 0.0626. The number of thiophene rings is 1. The summed E-state index contributed by atoms with van der Waals surface area (Å²) in [7, 11) is 0. The number of hydrogen-bond donors (Lipinski definition) is 1. The van der Waals surface area contributed by atoms with Crippen molar-refractivity contribution >= 4 is 23.2 Å². The highest BCUT2D eigenvalue weighted by Gasteiger charge is 2.41. The SMILES string of the molecule is Cc1cc(F)ccc1[C@H]1[C@@H](C(=O)O)CCC(=O)N1Cc1ccsc1. The van der Waals surface area contributed by atoms with E-state index in [0.29, 0.717) is 24.1 Å². The summed E-state index contributed by atoms with van der Waals surface area (Å²) in [5.74, 6) is -2.04. The molecule has 0 radical (unpaired) electrons. The number of aliphatic carboxylic acids is 1. The van der Waals surface area contributed by atoms with E-state index in [9.17, 15) is 19.1 Å². The molecule has 0 unspecified atom stereocenters. The van der Waals surface area contributed by atoms with E-state index in [1.54, 1.807) is 17.9 Å². The summed E-state index contributed by atoms with van der Waals surface area (Å²) in [4.78, 5) is 25.9. The maximum absolute atomic E-state index is 13.5. The van der Waals surface area contributed by atoms with E-state index in [4.69, 9.17) is 0 Å². The van der Waals surface area contributed by atoms with Crippen molar-refractivity contribution in [3.8, 4) is 0 Å². The molecule has 2 aromatic rings. The normalized spacial score (nSPS) is 21.1. The van der Waals surface area contributed by atoms with Crippen molar-refractivity contribution in [3.05, 3.63) is 57.5 Å². The number of likely N-dealkylation sites (tertiary alicyclic amines) is 1. The van der Waals surface area contributed by atoms with Gasteiger partial charge in [0.2, 0.25) is 5.91 Å². The van der Waals surface area contributed by atoms with Gasteiger partial charge in [0.1, 0.15) is 5.82 Å². The minimum atomic E-state index is -0.924. The molecule has 1 amide bonds. The van der Waals surface area contributed by atoms with Crippen LogP contribution in [0.4, 0.5) is 4.39 Å². The number of carbonyl (C=O) groups excluding carboxylic acids is 1. The van der Waals surface area contributed by atoms with Gasteiger partial charge in [-0.1, -0.05) is 6.07 Å². The largest absolute Gasteiger partial charge is 0.481 e. The summed E-state index contributed by atoms with van der Waals surface area (Å²) in [6.45, 7) is 2.12. The highest BCUT2D eigenvalue weighted by Crippen LogP contribution is 2.39. The maximum Gasteiger partial charge on any atom is 0.308 e. The predicted molar refractivity (Wildman–Crippen MR) is 89.1 cm³/mol. The number of halogens is 1. The molecule has 1 aliphatic heterocycles. The number of benzene rings is 1. The fourth-order valence-corrected chi connectivity index (χ4v) is 3.99. The Morgan fingerprint density at radius 3 is 2.83 bits per heavy atom. The summed E-state index contributed by atoms with van der Waals surface area (Å²) < 4.78 is 13.5. The zero-order valence-electron chi connectivity index (χ0n) is 13.2. The Balaban J connectivity index is 2.04. The zero-order valence-corrected chi connectivity index (χ0v) is 14.1. The summed E-state index contributed by atoms with van der Waals surface area (Å²) in [5.41, 5.74) is 2.34. The quantitative estimate of drug-likeness (QED) is 0.916. The van der Waals surface area contributed by atoms with Gasteiger partial charge in [0.05, 0.1) is 12.0 Å². The highest BCUT2D eigenvalue weighted by molar-refractivity contribution is 7.07. The van der Waals surface area contributed by atoms with Gasteiger partial charge in [-0.15, -0.1) is 0 Å². The molecule has 0 bridgehead atoms. The van der Waals surface area contributed by atoms with Crippen molar-refractivity contribution in [3.63, 3.8) is 0 Å². The predicted octanol–water partition coefficient (Wildman–Crippen LogP) is 3.76. The van der Waals surface area contributed by atoms with Gasteiger partial charge in [-0.05, 0) is 59.0 Å². The lowest BCUT2D eigenvalue weighted by Crippen LogP contribution is -2.45. The number of piperidine rings is 1. The Labute approximate surface area is 143 Å². The number of carboxylic acid groups (broad SMARTS) is 1. The van der Waals surface area contributed by atoms with Gasteiger partial charge in [0.25, 0.3) is 0 Å². The second kappa shape index (κ2) is 6.73. The molecule has 0 aliphatic carbocycles. The second-order valence-electron chi connectivity index (χ2n) is 6.08. The molecular formula is C18H18FNO3S. The van der Waals surface area contributed by atoms with Gasteiger partial charge in [-0.2, -0.15) is 11.3 Å². The van der Waals surface area contributed by atoms with E-state index in [-0.39, 0.29) is 18.1 Å². The lowest BCUT2D eigenvalue weighted by molar-refractivity contribution is -0.152. The summed E-state index contributed by atoms with van der Waals surface area (Å²) in [6, 6.07) is 5.66. The molecule has 1 saturated heterocycles. The number of hydrogen-bond acceptors (Lipinski definition) is 3. The number of nitrogens with zero attached hydrogens (tertiary/aromatic N) is 1. The van der Waals surface area contributed by atoms with Crippen LogP contribution < -0.4 is 0 Å². The molecule has 1 fully saturated rings.